The molecule has 0 fully saturated rings. The van der Waals surface area contributed by atoms with Crippen LogP contribution in [0.4, 0.5) is 0 Å². The lowest BCUT2D eigenvalue weighted by Crippen LogP contribution is -2.51. The zero-order chi connectivity index (χ0) is 23.4. The summed E-state index contributed by atoms with van der Waals surface area (Å²) < 4.78 is 16.7. The van der Waals surface area contributed by atoms with Crippen molar-refractivity contribution in [1.82, 2.24) is 0 Å². The van der Waals surface area contributed by atoms with Gasteiger partial charge in [-0.15, -0.1) is 0 Å². The van der Waals surface area contributed by atoms with E-state index >= 15 is 0 Å². The van der Waals surface area contributed by atoms with Crippen molar-refractivity contribution in [2.45, 2.75) is 142 Å². The lowest BCUT2D eigenvalue weighted by atomic mass is 9.84. The first-order chi connectivity index (χ1) is 14.9. The van der Waals surface area contributed by atoms with Gasteiger partial charge in [-0.3, -0.25) is 0 Å². The van der Waals surface area contributed by atoms with Crippen molar-refractivity contribution in [3.63, 3.8) is 0 Å². The Hall–Kier alpha value is 0.0569. The highest BCUT2D eigenvalue weighted by Gasteiger charge is 2.43. The Morgan fingerprint density at radius 1 is 0.645 bits per heavy atom. The quantitative estimate of drug-likeness (QED) is 0.125. The maximum Gasteiger partial charge on any atom is 0.500 e. The molecule has 0 heterocycles. The minimum Gasteiger partial charge on any atom is -0.377 e. The van der Waals surface area contributed by atoms with Crippen LogP contribution in [0.25, 0.3) is 0 Å². The third-order valence-corrected chi connectivity index (χ3v) is 10.2. The molecule has 0 rings (SSSR count). The molecule has 5 heteroatoms. The minimum atomic E-state index is -2.56. The Kier molecular flexibility index (Phi) is 19.6. The van der Waals surface area contributed by atoms with Crippen LogP contribution in [0.3, 0.4) is 0 Å². The first-order valence-electron chi connectivity index (χ1n) is 13.3. The molecule has 0 aliphatic carbocycles. The predicted molar refractivity (Wildman–Crippen MR) is 138 cm³/mol. The second kappa shape index (κ2) is 19.5. The summed E-state index contributed by atoms with van der Waals surface area (Å²) in [5.74, 6) is 0.301. The van der Waals surface area contributed by atoms with Crippen LogP contribution in [0.2, 0.25) is 6.04 Å². The molecule has 2 atom stereocenters. The third-order valence-electron chi connectivity index (χ3n) is 7.18. The van der Waals surface area contributed by atoms with Crippen LogP contribution >= 0.6 is 0 Å². The van der Waals surface area contributed by atoms with Gasteiger partial charge in [-0.1, -0.05) is 117 Å². The van der Waals surface area contributed by atoms with Gasteiger partial charge in [0.25, 0.3) is 0 Å². The van der Waals surface area contributed by atoms with Crippen LogP contribution < -0.4 is 5.73 Å². The molecule has 0 saturated carbocycles. The van der Waals surface area contributed by atoms with Crippen molar-refractivity contribution >= 4 is 8.80 Å². The molecule has 0 saturated heterocycles. The van der Waals surface area contributed by atoms with E-state index in [0.29, 0.717) is 5.92 Å². The second-order valence-corrected chi connectivity index (χ2v) is 13.0. The van der Waals surface area contributed by atoms with Crippen molar-refractivity contribution in [2.75, 3.05) is 21.3 Å². The standard InChI is InChI=1S/C26H57NO3Si/c1-7-8-9-10-11-12-13-14-15-16-17-18-19-20-21-22-23-26(3,27)25(2)24-31(28-4,29-5)30-6/h25H,7-24,27H2,1-6H3. The highest BCUT2D eigenvalue weighted by atomic mass is 28.4. The molecule has 0 aromatic carbocycles. The predicted octanol–water partition coefficient (Wildman–Crippen LogP) is 7.87. The van der Waals surface area contributed by atoms with Crippen molar-refractivity contribution in [3.8, 4) is 0 Å². The average Bonchev–Trinajstić information content (AvgIpc) is 2.77. The molecule has 0 aromatic heterocycles. The van der Waals surface area contributed by atoms with E-state index in [1.807, 2.05) is 0 Å². The molecule has 2 N–H and O–H groups in total. The molecule has 0 bridgehead atoms. The fourth-order valence-corrected chi connectivity index (χ4v) is 6.62. The summed E-state index contributed by atoms with van der Waals surface area (Å²) in [5.41, 5.74) is 6.44. The summed E-state index contributed by atoms with van der Waals surface area (Å²) in [6, 6.07) is 0.766. The first kappa shape index (κ1) is 31.1. The van der Waals surface area contributed by atoms with Crippen LogP contribution in [0.5, 0.6) is 0 Å². The normalized spacial score (nSPS) is 15.2. The van der Waals surface area contributed by atoms with Crippen LogP contribution in [0.15, 0.2) is 0 Å². The van der Waals surface area contributed by atoms with Gasteiger partial charge in [0, 0.05) is 32.9 Å². The van der Waals surface area contributed by atoms with E-state index in [9.17, 15) is 0 Å². The second-order valence-electron chi connectivity index (χ2n) is 9.96. The zero-order valence-corrected chi connectivity index (χ0v) is 23.1. The van der Waals surface area contributed by atoms with E-state index < -0.39 is 8.80 Å². The fraction of sp³-hybridized carbons (Fsp3) is 1.00. The van der Waals surface area contributed by atoms with E-state index in [4.69, 9.17) is 19.0 Å². The zero-order valence-electron chi connectivity index (χ0n) is 22.1. The number of hydrogen-bond donors (Lipinski definition) is 1. The van der Waals surface area contributed by atoms with Crippen molar-refractivity contribution < 1.29 is 13.3 Å². The van der Waals surface area contributed by atoms with Gasteiger partial charge in [0.2, 0.25) is 0 Å². The van der Waals surface area contributed by atoms with E-state index in [2.05, 4.69) is 20.8 Å². The molecular formula is C26H57NO3Si. The van der Waals surface area contributed by atoms with Gasteiger partial charge < -0.3 is 19.0 Å². The molecule has 188 valence electrons. The van der Waals surface area contributed by atoms with E-state index in [-0.39, 0.29) is 5.54 Å². The number of hydrogen-bond acceptors (Lipinski definition) is 4. The summed E-state index contributed by atoms with van der Waals surface area (Å²) in [7, 11) is 2.47. The molecule has 4 nitrogen and oxygen atoms in total. The van der Waals surface area contributed by atoms with Crippen LogP contribution in [0, 0.1) is 5.92 Å². The number of unbranched alkanes of at least 4 members (excludes halogenated alkanes) is 15. The minimum absolute atomic E-state index is 0.205. The first-order valence-corrected chi connectivity index (χ1v) is 15.2. The van der Waals surface area contributed by atoms with Crippen LogP contribution in [-0.4, -0.2) is 35.7 Å². The lowest BCUT2D eigenvalue weighted by molar-refractivity contribution is 0.112. The van der Waals surface area contributed by atoms with Gasteiger partial charge in [0.05, 0.1) is 0 Å². The summed E-state index contributed by atoms with van der Waals surface area (Å²) in [6.45, 7) is 6.66. The van der Waals surface area contributed by atoms with Gasteiger partial charge >= 0.3 is 8.80 Å². The fourth-order valence-electron chi connectivity index (χ4n) is 4.41. The summed E-state index contributed by atoms with van der Waals surface area (Å²) >= 11 is 0. The van der Waals surface area contributed by atoms with E-state index in [1.54, 1.807) is 21.3 Å². The summed E-state index contributed by atoms with van der Waals surface area (Å²) in [6.07, 6.45) is 23.4. The van der Waals surface area contributed by atoms with Gasteiger partial charge in [-0.05, 0) is 19.3 Å². The van der Waals surface area contributed by atoms with E-state index in [0.717, 1.165) is 12.5 Å². The summed E-state index contributed by atoms with van der Waals surface area (Å²) in [4.78, 5) is 0. The molecule has 31 heavy (non-hydrogen) atoms. The Labute approximate surface area is 196 Å². The van der Waals surface area contributed by atoms with Crippen LogP contribution in [0.1, 0.15) is 130 Å². The maximum absolute atomic E-state index is 6.65. The molecule has 0 radical (unpaired) electrons. The molecule has 0 aliphatic heterocycles. The van der Waals surface area contributed by atoms with E-state index in [1.165, 1.54) is 103 Å². The van der Waals surface area contributed by atoms with Gasteiger partial charge in [-0.25, -0.2) is 0 Å². The molecule has 0 spiro atoms. The topological polar surface area (TPSA) is 53.7 Å². The smallest absolute Gasteiger partial charge is 0.377 e. The Morgan fingerprint density at radius 2 is 0.968 bits per heavy atom. The number of rotatable bonds is 23. The average molecular weight is 460 g/mol. The largest absolute Gasteiger partial charge is 0.500 e. The highest BCUT2D eigenvalue weighted by molar-refractivity contribution is 6.60. The maximum atomic E-state index is 6.65. The van der Waals surface area contributed by atoms with Gasteiger partial charge in [-0.2, -0.15) is 0 Å². The Balaban J connectivity index is 3.62. The van der Waals surface area contributed by atoms with Crippen LogP contribution in [-0.2, 0) is 13.3 Å². The Bertz CT molecular complexity index is 381. The Morgan fingerprint density at radius 3 is 1.29 bits per heavy atom. The lowest BCUT2D eigenvalue weighted by Gasteiger charge is -2.36. The molecule has 0 amide bonds. The molecular weight excluding hydrogens is 402 g/mol. The highest BCUT2D eigenvalue weighted by Crippen LogP contribution is 2.30. The van der Waals surface area contributed by atoms with Gasteiger partial charge in [0.1, 0.15) is 0 Å². The molecule has 0 aromatic rings. The van der Waals surface area contributed by atoms with Gasteiger partial charge in [0.15, 0.2) is 0 Å². The summed E-state index contributed by atoms with van der Waals surface area (Å²) in [5, 5.41) is 0. The third kappa shape index (κ3) is 15.5. The SMILES string of the molecule is CCCCCCCCCCCCCCCCCCC(C)(N)C(C)C[Si](OC)(OC)OC. The van der Waals surface area contributed by atoms with Crippen molar-refractivity contribution in [2.24, 2.45) is 11.7 Å². The van der Waals surface area contributed by atoms with Crippen molar-refractivity contribution in [1.29, 1.82) is 0 Å². The van der Waals surface area contributed by atoms with Crippen molar-refractivity contribution in [3.05, 3.63) is 0 Å². The monoisotopic (exact) mass is 459 g/mol. The number of nitrogens with two attached hydrogens (primary N) is 1. The molecule has 2 unspecified atom stereocenters. The molecule has 0 aliphatic rings.